The van der Waals surface area contributed by atoms with E-state index in [-0.39, 0.29) is 5.91 Å². The van der Waals surface area contributed by atoms with Gasteiger partial charge in [-0.2, -0.15) is 0 Å². The Bertz CT molecular complexity index is 441. The second-order valence-corrected chi connectivity index (χ2v) is 5.62. The quantitative estimate of drug-likeness (QED) is 0.857. The minimum atomic E-state index is -0.451. The zero-order valence-corrected chi connectivity index (χ0v) is 12.5. The monoisotopic (exact) mass is 263 g/mol. The first-order valence-corrected chi connectivity index (χ1v) is 6.65. The highest BCUT2D eigenvalue weighted by Crippen LogP contribution is 2.21. The zero-order chi connectivity index (χ0) is 14.6. The molecule has 0 saturated carbocycles. The molecule has 0 aliphatic carbocycles. The van der Waals surface area contributed by atoms with Crippen molar-refractivity contribution in [1.82, 2.24) is 0 Å². The van der Waals surface area contributed by atoms with E-state index in [4.69, 9.17) is 5.73 Å². The molecule has 1 rings (SSSR count). The molecule has 0 aromatic heterocycles. The predicted molar refractivity (Wildman–Crippen MR) is 81.6 cm³/mol. The largest absolute Gasteiger partial charge is 0.378 e. The van der Waals surface area contributed by atoms with Crippen molar-refractivity contribution in [2.45, 2.75) is 33.2 Å². The van der Waals surface area contributed by atoms with Gasteiger partial charge in [0.2, 0.25) is 5.91 Å². The molecular weight excluding hydrogens is 238 g/mol. The van der Waals surface area contributed by atoms with Crippen molar-refractivity contribution in [1.29, 1.82) is 0 Å². The van der Waals surface area contributed by atoms with Crippen molar-refractivity contribution < 1.29 is 4.79 Å². The van der Waals surface area contributed by atoms with Gasteiger partial charge in [-0.3, -0.25) is 4.79 Å². The van der Waals surface area contributed by atoms with Crippen molar-refractivity contribution in [3.8, 4) is 0 Å². The van der Waals surface area contributed by atoms with E-state index >= 15 is 0 Å². The molecule has 1 aromatic carbocycles. The summed E-state index contributed by atoms with van der Waals surface area (Å²) in [5.41, 5.74) is 8.85. The van der Waals surface area contributed by atoms with E-state index in [0.29, 0.717) is 12.3 Å². The maximum absolute atomic E-state index is 12.0. The molecule has 19 heavy (non-hydrogen) atoms. The van der Waals surface area contributed by atoms with Crippen LogP contribution in [0.1, 0.15) is 25.8 Å². The fourth-order valence-corrected chi connectivity index (χ4v) is 1.91. The number of hydrogen-bond acceptors (Lipinski definition) is 3. The van der Waals surface area contributed by atoms with E-state index in [2.05, 4.69) is 19.2 Å². The Hall–Kier alpha value is -1.55. The highest BCUT2D eigenvalue weighted by atomic mass is 16.2. The lowest BCUT2D eigenvalue weighted by Gasteiger charge is -2.17. The first kappa shape index (κ1) is 15.5. The van der Waals surface area contributed by atoms with Crippen molar-refractivity contribution in [2.24, 2.45) is 11.7 Å². The number of nitrogens with two attached hydrogens (primary N) is 1. The Balaban J connectivity index is 2.74. The summed E-state index contributed by atoms with van der Waals surface area (Å²) in [5, 5.41) is 2.90. The van der Waals surface area contributed by atoms with Crippen LogP contribution < -0.4 is 16.0 Å². The first-order chi connectivity index (χ1) is 8.81. The predicted octanol–water partition coefficient (Wildman–Crippen LogP) is 2.37. The number of nitrogens with zero attached hydrogens (tertiary/aromatic N) is 1. The summed E-state index contributed by atoms with van der Waals surface area (Å²) in [4.78, 5) is 14.0. The number of anilines is 2. The highest BCUT2D eigenvalue weighted by Gasteiger charge is 2.15. The Kier molecular flexibility index (Phi) is 5.36. The van der Waals surface area contributed by atoms with E-state index in [1.807, 2.05) is 44.1 Å². The van der Waals surface area contributed by atoms with Gasteiger partial charge in [0.15, 0.2) is 0 Å². The lowest BCUT2D eigenvalue weighted by molar-refractivity contribution is -0.117. The lowest BCUT2D eigenvalue weighted by Crippen LogP contribution is -2.36. The molecule has 1 aromatic rings. The minimum Gasteiger partial charge on any atom is -0.378 e. The molecular formula is C15H25N3O. The average molecular weight is 263 g/mol. The van der Waals surface area contributed by atoms with E-state index < -0.39 is 6.04 Å². The summed E-state index contributed by atoms with van der Waals surface area (Å²) in [5.74, 6) is 0.298. The molecule has 0 spiro atoms. The lowest BCUT2D eigenvalue weighted by atomic mass is 10.0. The van der Waals surface area contributed by atoms with Crippen LogP contribution in [0.2, 0.25) is 0 Å². The standard InChI is InChI=1S/C15H25N3O/c1-10(2)8-13(16)15(19)17-14-7-6-12(18(4)5)9-11(14)3/h6-7,9-10,13H,8,16H2,1-5H3,(H,17,19). The van der Waals surface area contributed by atoms with Crippen molar-refractivity contribution >= 4 is 17.3 Å². The molecule has 1 amide bonds. The molecule has 106 valence electrons. The van der Waals surface area contributed by atoms with Crippen LogP contribution >= 0.6 is 0 Å². The summed E-state index contributed by atoms with van der Waals surface area (Å²) in [6.45, 7) is 6.10. The van der Waals surface area contributed by atoms with Gasteiger partial charge in [0.1, 0.15) is 0 Å². The third kappa shape index (κ3) is 4.56. The van der Waals surface area contributed by atoms with Crippen LogP contribution in [0, 0.1) is 12.8 Å². The molecule has 4 heteroatoms. The molecule has 0 aliphatic rings. The summed E-state index contributed by atoms with van der Waals surface area (Å²) < 4.78 is 0. The summed E-state index contributed by atoms with van der Waals surface area (Å²) in [6.07, 6.45) is 0.695. The van der Waals surface area contributed by atoms with Gasteiger partial charge in [0.25, 0.3) is 0 Å². The van der Waals surface area contributed by atoms with Crippen LogP contribution in [0.4, 0.5) is 11.4 Å². The molecule has 3 N–H and O–H groups in total. The number of hydrogen-bond donors (Lipinski definition) is 2. The number of rotatable bonds is 5. The van der Waals surface area contributed by atoms with Crippen molar-refractivity contribution in [2.75, 3.05) is 24.3 Å². The molecule has 4 nitrogen and oxygen atoms in total. The Labute approximate surface area is 116 Å². The third-order valence-electron chi connectivity index (χ3n) is 3.05. The summed E-state index contributed by atoms with van der Waals surface area (Å²) in [6, 6.07) is 5.50. The zero-order valence-electron chi connectivity index (χ0n) is 12.5. The first-order valence-electron chi connectivity index (χ1n) is 6.65. The Morgan fingerprint density at radius 2 is 2.00 bits per heavy atom. The minimum absolute atomic E-state index is 0.116. The number of aryl methyl sites for hydroxylation is 1. The molecule has 1 atom stereocenters. The van der Waals surface area contributed by atoms with Gasteiger partial charge in [0, 0.05) is 25.5 Å². The summed E-state index contributed by atoms with van der Waals surface area (Å²) >= 11 is 0. The van der Waals surface area contributed by atoms with Crippen LogP contribution in [0.15, 0.2) is 18.2 Å². The molecule has 0 radical (unpaired) electrons. The molecule has 0 heterocycles. The van der Waals surface area contributed by atoms with Gasteiger partial charge in [-0.05, 0) is 43.0 Å². The fourth-order valence-electron chi connectivity index (χ4n) is 1.91. The second kappa shape index (κ2) is 6.57. The van der Waals surface area contributed by atoms with Crippen LogP contribution in [0.25, 0.3) is 0 Å². The number of nitrogens with one attached hydrogen (secondary N) is 1. The molecule has 0 bridgehead atoms. The Morgan fingerprint density at radius 1 is 1.37 bits per heavy atom. The molecule has 0 fully saturated rings. The number of benzene rings is 1. The van der Waals surface area contributed by atoms with Crippen LogP contribution in [-0.2, 0) is 4.79 Å². The fraction of sp³-hybridized carbons (Fsp3) is 0.533. The van der Waals surface area contributed by atoms with Crippen molar-refractivity contribution in [3.05, 3.63) is 23.8 Å². The van der Waals surface area contributed by atoms with Gasteiger partial charge in [-0.15, -0.1) is 0 Å². The maximum Gasteiger partial charge on any atom is 0.241 e. The number of carbonyl (C=O) groups is 1. The van der Waals surface area contributed by atoms with E-state index in [1.54, 1.807) is 0 Å². The van der Waals surface area contributed by atoms with Gasteiger partial charge < -0.3 is 16.0 Å². The molecule has 0 aliphatic heterocycles. The topological polar surface area (TPSA) is 58.4 Å². The van der Waals surface area contributed by atoms with Crippen molar-refractivity contribution in [3.63, 3.8) is 0 Å². The smallest absolute Gasteiger partial charge is 0.241 e. The molecule has 0 saturated heterocycles. The SMILES string of the molecule is Cc1cc(N(C)C)ccc1NC(=O)C(N)CC(C)C. The molecule has 1 unspecified atom stereocenters. The average Bonchev–Trinajstić information content (AvgIpc) is 2.30. The second-order valence-electron chi connectivity index (χ2n) is 5.62. The highest BCUT2D eigenvalue weighted by molar-refractivity contribution is 5.95. The number of amides is 1. The van der Waals surface area contributed by atoms with Gasteiger partial charge in [0.05, 0.1) is 6.04 Å². The van der Waals surface area contributed by atoms with Gasteiger partial charge in [-0.1, -0.05) is 13.8 Å². The van der Waals surface area contributed by atoms with Crippen LogP contribution in [0.5, 0.6) is 0 Å². The van der Waals surface area contributed by atoms with E-state index in [9.17, 15) is 4.79 Å². The van der Waals surface area contributed by atoms with Crippen LogP contribution in [0.3, 0.4) is 0 Å². The van der Waals surface area contributed by atoms with E-state index in [0.717, 1.165) is 16.9 Å². The summed E-state index contributed by atoms with van der Waals surface area (Å²) in [7, 11) is 3.98. The van der Waals surface area contributed by atoms with Gasteiger partial charge in [-0.25, -0.2) is 0 Å². The normalized spacial score (nSPS) is 12.4. The van der Waals surface area contributed by atoms with E-state index in [1.165, 1.54) is 0 Å². The van der Waals surface area contributed by atoms with Gasteiger partial charge >= 0.3 is 0 Å². The Morgan fingerprint density at radius 3 is 2.47 bits per heavy atom. The third-order valence-corrected chi connectivity index (χ3v) is 3.05. The number of carbonyl (C=O) groups excluding carboxylic acids is 1. The van der Waals surface area contributed by atoms with Crippen LogP contribution in [-0.4, -0.2) is 26.0 Å². The maximum atomic E-state index is 12.0.